The van der Waals surface area contributed by atoms with E-state index in [4.69, 9.17) is 0 Å². The van der Waals surface area contributed by atoms with Gasteiger partial charge in [0.05, 0.1) is 4.90 Å². The first kappa shape index (κ1) is 17.1. The van der Waals surface area contributed by atoms with Crippen molar-refractivity contribution in [1.29, 1.82) is 0 Å². The van der Waals surface area contributed by atoms with Crippen LogP contribution in [0.3, 0.4) is 0 Å². The van der Waals surface area contributed by atoms with Gasteiger partial charge in [-0.3, -0.25) is 0 Å². The van der Waals surface area contributed by atoms with Crippen molar-refractivity contribution in [3.63, 3.8) is 0 Å². The number of hydrogen-bond acceptors (Lipinski definition) is 3. The predicted octanol–water partition coefficient (Wildman–Crippen LogP) is 2.25. The zero-order valence-electron chi connectivity index (χ0n) is 13.1. The zero-order valence-corrected chi connectivity index (χ0v) is 13.9. The Labute approximate surface area is 123 Å². The largest absolute Gasteiger partial charge is 0.308 e. The van der Waals surface area contributed by atoms with Crippen molar-refractivity contribution in [2.45, 2.75) is 38.1 Å². The molecule has 0 saturated carbocycles. The molecule has 0 aliphatic rings. The number of nitrogens with zero attached hydrogens (tertiary/aromatic N) is 1. The fourth-order valence-corrected chi connectivity index (χ4v) is 3.80. The average molecular weight is 298 g/mol. The number of likely N-dealkylation sites (N-methyl/N-ethyl adjacent to an activating group) is 1. The van der Waals surface area contributed by atoms with Crippen molar-refractivity contribution in [3.8, 4) is 0 Å². The summed E-state index contributed by atoms with van der Waals surface area (Å²) in [6.45, 7) is 6.72. The van der Waals surface area contributed by atoms with Gasteiger partial charge >= 0.3 is 0 Å². The van der Waals surface area contributed by atoms with Crippen molar-refractivity contribution < 1.29 is 8.42 Å². The van der Waals surface area contributed by atoms with Gasteiger partial charge in [0, 0.05) is 12.6 Å². The molecule has 0 aliphatic heterocycles. The third-order valence-corrected chi connectivity index (χ3v) is 4.73. The summed E-state index contributed by atoms with van der Waals surface area (Å²) in [6, 6.07) is 7.00. The van der Waals surface area contributed by atoms with Crippen LogP contribution >= 0.6 is 0 Å². The number of hydrogen-bond donors (Lipinski definition) is 1. The van der Waals surface area contributed by atoms with Crippen LogP contribution in [-0.2, 0) is 10.0 Å². The lowest BCUT2D eigenvalue weighted by Crippen LogP contribution is -2.42. The van der Waals surface area contributed by atoms with Crippen LogP contribution in [0.5, 0.6) is 0 Å². The van der Waals surface area contributed by atoms with E-state index >= 15 is 0 Å². The van der Waals surface area contributed by atoms with Crippen LogP contribution < -0.4 is 4.72 Å². The van der Waals surface area contributed by atoms with E-state index in [0.29, 0.717) is 17.4 Å². The molecule has 0 bridgehead atoms. The first-order chi connectivity index (χ1) is 9.22. The van der Waals surface area contributed by atoms with Gasteiger partial charge in [0.15, 0.2) is 0 Å². The van der Waals surface area contributed by atoms with E-state index < -0.39 is 10.0 Å². The van der Waals surface area contributed by atoms with Gasteiger partial charge in [-0.15, -0.1) is 0 Å². The molecule has 1 unspecified atom stereocenters. The summed E-state index contributed by atoms with van der Waals surface area (Å²) < 4.78 is 27.8. The first-order valence-corrected chi connectivity index (χ1v) is 8.43. The molecule has 5 heteroatoms. The molecular formula is C15H26N2O2S. The van der Waals surface area contributed by atoms with E-state index in [9.17, 15) is 8.42 Å². The monoisotopic (exact) mass is 298 g/mol. The van der Waals surface area contributed by atoms with Gasteiger partial charge in [-0.2, -0.15) is 0 Å². The minimum atomic E-state index is -3.46. The number of benzene rings is 1. The van der Waals surface area contributed by atoms with Crippen molar-refractivity contribution in [2.75, 3.05) is 20.6 Å². The maximum atomic E-state index is 12.5. The lowest BCUT2D eigenvalue weighted by molar-refractivity contribution is 0.329. The van der Waals surface area contributed by atoms with E-state index in [2.05, 4.69) is 18.6 Å². The van der Waals surface area contributed by atoms with Gasteiger partial charge in [0.25, 0.3) is 0 Å². The third-order valence-electron chi connectivity index (χ3n) is 3.05. The Morgan fingerprint density at radius 3 is 2.30 bits per heavy atom. The Morgan fingerprint density at radius 2 is 1.80 bits per heavy atom. The van der Waals surface area contributed by atoms with Crippen LogP contribution in [0, 0.1) is 12.8 Å². The summed E-state index contributed by atoms with van der Waals surface area (Å²) in [6.07, 6.45) is 0.823. The Balaban J connectivity index is 2.94. The smallest absolute Gasteiger partial charge is 0.241 e. The molecule has 114 valence electrons. The predicted molar refractivity (Wildman–Crippen MR) is 83.3 cm³/mol. The number of nitrogens with one attached hydrogen (secondary N) is 1. The Bertz CT molecular complexity index is 514. The van der Waals surface area contributed by atoms with Gasteiger partial charge in [0.2, 0.25) is 10.0 Å². The Hall–Kier alpha value is -0.910. The highest BCUT2D eigenvalue weighted by Crippen LogP contribution is 2.16. The highest BCUT2D eigenvalue weighted by molar-refractivity contribution is 7.89. The topological polar surface area (TPSA) is 49.4 Å². The van der Waals surface area contributed by atoms with Gasteiger partial charge in [0.1, 0.15) is 0 Å². The molecule has 0 saturated heterocycles. The van der Waals surface area contributed by atoms with E-state index in [1.165, 1.54) is 0 Å². The second kappa shape index (κ2) is 7.20. The molecule has 1 aromatic carbocycles. The summed E-state index contributed by atoms with van der Waals surface area (Å²) in [7, 11) is 0.449. The molecule has 0 amide bonds. The molecule has 0 aromatic heterocycles. The fraction of sp³-hybridized carbons (Fsp3) is 0.600. The number of rotatable bonds is 7. The Kier molecular flexibility index (Phi) is 6.17. The molecule has 4 nitrogen and oxygen atoms in total. The SMILES string of the molecule is Cc1ccccc1S(=O)(=O)NC(CC(C)C)CN(C)C. The Morgan fingerprint density at radius 1 is 1.20 bits per heavy atom. The molecule has 20 heavy (non-hydrogen) atoms. The zero-order chi connectivity index (χ0) is 15.3. The summed E-state index contributed by atoms with van der Waals surface area (Å²) in [5.41, 5.74) is 0.771. The van der Waals surface area contributed by atoms with Gasteiger partial charge in [-0.25, -0.2) is 13.1 Å². The molecule has 0 spiro atoms. The number of aryl methyl sites for hydroxylation is 1. The third kappa shape index (κ3) is 5.23. The molecule has 1 atom stereocenters. The van der Waals surface area contributed by atoms with Crippen LogP contribution in [0.2, 0.25) is 0 Å². The molecule has 0 fully saturated rings. The molecule has 0 aliphatic carbocycles. The highest BCUT2D eigenvalue weighted by atomic mass is 32.2. The average Bonchev–Trinajstić information content (AvgIpc) is 2.26. The van der Waals surface area contributed by atoms with E-state index in [0.717, 1.165) is 12.0 Å². The van der Waals surface area contributed by atoms with Crippen LogP contribution in [0.1, 0.15) is 25.8 Å². The highest BCUT2D eigenvalue weighted by Gasteiger charge is 2.22. The van der Waals surface area contributed by atoms with Crippen LogP contribution in [-0.4, -0.2) is 40.0 Å². The van der Waals surface area contributed by atoms with Crippen molar-refractivity contribution in [3.05, 3.63) is 29.8 Å². The van der Waals surface area contributed by atoms with Gasteiger partial charge < -0.3 is 4.90 Å². The normalized spacial score (nSPS) is 13.9. The van der Waals surface area contributed by atoms with Crippen molar-refractivity contribution in [1.82, 2.24) is 9.62 Å². The standard InChI is InChI=1S/C15H26N2O2S/c1-12(2)10-14(11-17(4)5)16-20(18,19)15-9-7-6-8-13(15)3/h6-9,12,14,16H,10-11H2,1-5H3. The molecule has 1 rings (SSSR count). The molecule has 0 heterocycles. The van der Waals surface area contributed by atoms with Crippen LogP contribution in [0.4, 0.5) is 0 Å². The van der Waals surface area contributed by atoms with Crippen LogP contribution in [0.15, 0.2) is 29.2 Å². The van der Waals surface area contributed by atoms with Crippen LogP contribution in [0.25, 0.3) is 0 Å². The molecule has 1 N–H and O–H groups in total. The number of sulfonamides is 1. The summed E-state index contributed by atoms with van der Waals surface area (Å²) in [4.78, 5) is 2.38. The minimum absolute atomic E-state index is 0.0744. The van der Waals surface area contributed by atoms with Crippen molar-refractivity contribution >= 4 is 10.0 Å². The lowest BCUT2D eigenvalue weighted by atomic mass is 10.0. The summed E-state index contributed by atoms with van der Waals surface area (Å²) in [5.74, 6) is 0.444. The maximum absolute atomic E-state index is 12.5. The minimum Gasteiger partial charge on any atom is -0.308 e. The van der Waals surface area contributed by atoms with Crippen molar-refractivity contribution in [2.24, 2.45) is 5.92 Å². The lowest BCUT2D eigenvalue weighted by Gasteiger charge is -2.24. The second-order valence-corrected chi connectivity index (χ2v) is 7.66. The first-order valence-electron chi connectivity index (χ1n) is 6.95. The summed E-state index contributed by atoms with van der Waals surface area (Å²) in [5, 5.41) is 0. The summed E-state index contributed by atoms with van der Waals surface area (Å²) >= 11 is 0. The quantitative estimate of drug-likeness (QED) is 0.840. The molecule has 0 radical (unpaired) electrons. The van der Waals surface area contributed by atoms with E-state index in [1.807, 2.05) is 38.1 Å². The van der Waals surface area contributed by atoms with E-state index in [1.54, 1.807) is 12.1 Å². The molecular weight excluding hydrogens is 272 g/mol. The van der Waals surface area contributed by atoms with Gasteiger partial charge in [-0.05, 0) is 45.0 Å². The second-order valence-electron chi connectivity index (χ2n) is 5.98. The fourth-order valence-electron chi connectivity index (χ4n) is 2.31. The maximum Gasteiger partial charge on any atom is 0.241 e. The van der Waals surface area contributed by atoms with Gasteiger partial charge in [-0.1, -0.05) is 32.0 Å². The molecule has 1 aromatic rings. The van der Waals surface area contributed by atoms with E-state index in [-0.39, 0.29) is 6.04 Å².